The van der Waals surface area contributed by atoms with Gasteiger partial charge in [0.05, 0.1) is 24.1 Å². The predicted molar refractivity (Wildman–Crippen MR) is 65.4 cm³/mol. The molecule has 0 aliphatic heterocycles. The van der Waals surface area contributed by atoms with Gasteiger partial charge in [-0.3, -0.25) is 9.59 Å². The predicted octanol–water partition coefficient (Wildman–Crippen LogP) is 1.88. The molecule has 2 N–H and O–H groups in total. The molecule has 1 fully saturated rings. The van der Waals surface area contributed by atoms with Crippen molar-refractivity contribution in [1.82, 2.24) is 0 Å². The fourth-order valence-electron chi connectivity index (χ4n) is 1.86. The van der Waals surface area contributed by atoms with Crippen LogP contribution in [0.5, 0.6) is 5.75 Å². The lowest BCUT2D eigenvalue weighted by Crippen LogP contribution is -2.17. The Bertz CT molecular complexity index is 517. The highest BCUT2D eigenvalue weighted by Gasteiger charge is 2.48. The van der Waals surface area contributed by atoms with Crippen LogP contribution >= 0.6 is 0 Å². The zero-order valence-corrected chi connectivity index (χ0v) is 10.4. The molecule has 19 heavy (non-hydrogen) atoms. The number of anilines is 1. The van der Waals surface area contributed by atoms with Gasteiger partial charge in [0, 0.05) is 6.07 Å². The third-order valence-electron chi connectivity index (χ3n) is 2.95. The Kier molecular flexibility index (Phi) is 3.69. The SMILES string of the molecule is CCOc1cc(F)ccc1NC(=O)C1CC1C(=O)O. The van der Waals surface area contributed by atoms with E-state index in [1.165, 1.54) is 18.2 Å². The van der Waals surface area contributed by atoms with E-state index in [0.29, 0.717) is 18.7 Å². The van der Waals surface area contributed by atoms with Crippen molar-refractivity contribution in [2.24, 2.45) is 11.8 Å². The molecule has 5 nitrogen and oxygen atoms in total. The number of halogens is 1. The van der Waals surface area contributed by atoms with Gasteiger partial charge in [0.2, 0.25) is 5.91 Å². The third-order valence-corrected chi connectivity index (χ3v) is 2.95. The molecule has 1 aromatic carbocycles. The van der Waals surface area contributed by atoms with Crippen molar-refractivity contribution in [3.8, 4) is 5.75 Å². The van der Waals surface area contributed by atoms with Crippen molar-refractivity contribution in [2.75, 3.05) is 11.9 Å². The van der Waals surface area contributed by atoms with Crippen LogP contribution in [0.15, 0.2) is 18.2 Å². The number of benzene rings is 1. The van der Waals surface area contributed by atoms with Crippen LogP contribution in [0.3, 0.4) is 0 Å². The summed E-state index contributed by atoms with van der Waals surface area (Å²) in [4.78, 5) is 22.5. The average Bonchev–Trinajstić information content (AvgIpc) is 3.13. The number of aliphatic carboxylic acids is 1. The number of hydrogen-bond donors (Lipinski definition) is 2. The van der Waals surface area contributed by atoms with Crippen LogP contribution in [0.1, 0.15) is 13.3 Å². The molecule has 0 bridgehead atoms. The summed E-state index contributed by atoms with van der Waals surface area (Å²) in [6.07, 6.45) is 0.340. The van der Waals surface area contributed by atoms with Gasteiger partial charge in [-0.25, -0.2) is 4.39 Å². The maximum Gasteiger partial charge on any atom is 0.307 e. The van der Waals surface area contributed by atoms with E-state index in [0.717, 1.165) is 0 Å². The number of carboxylic acids is 1. The average molecular weight is 267 g/mol. The first-order chi connectivity index (χ1) is 9.02. The lowest BCUT2D eigenvalue weighted by atomic mass is 10.2. The van der Waals surface area contributed by atoms with Crippen molar-refractivity contribution >= 4 is 17.6 Å². The smallest absolute Gasteiger partial charge is 0.307 e. The summed E-state index contributed by atoms with van der Waals surface area (Å²) in [5.41, 5.74) is 0.351. The maximum absolute atomic E-state index is 13.1. The minimum Gasteiger partial charge on any atom is -0.492 e. The van der Waals surface area contributed by atoms with Crippen LogP contribution in [-0.4, -0.2) is 23.6 Å². The van der Waals surface area contributed by atoms with Crippen LogP contribution in [0.25, 0.3) is 0 Å². The molecule has 1 saturated carbocycles. The van der Waals surface area contributed by atoms with E-state index in [2.05, 4.69) is 5.32 Å². The van der Waals surface area contributed by atoms with Gasteiger partial charge in [-0.2, -0.15) is 0 Å². The highest BCUT2D eigenvalue weighted by Crippen LogP contribution is 2.40. The molecule has 2 rings (SSSR count). The molecular weight excluding hydrogens is 253 g/mol. The number of carbonyl (C=O) groups is 2. The molecule has 1 aromatic rings. The largest absolute Gasteiger partial charge is 0.492 e. The van der Waals surface area contributed by atoms with Crippen LogP contribution in [0, 0.1) is 17.7 Å². The molecule has 0 heterocycles. The second-order valence-electron chi connectivity index (χ2n) is 4.35. The summed E-state index contributed by atoms with van der Waals surface area (Å²) in [6.45, 7) is 2.09. The monoisotopic (exact) mass is 267 g/mol. The normalized spacial score (nSPS) is 20.7. The lowest BCUT2D eigenvalue weighted by molar-refractivity contribution is -0.139. The molecule has 1 aliphatic rings. The Hall–Kier alpha value is -2.11. The fourth-order valence-corrected chi connectivity index (χ4v) is 1.86. The summed E-state index contributed by atoms with van der Waals surface area (Å²) in [6, 6.07) is 3.79. The van der Waals surface area contributed by atoms with Gasteiger partial charge in [-0.1, -0.05) is 0 Å². The van der Waals surface area contributed by atoms with Crippen LogP contribution < -0.4 is 10.1 Å². The molecule has 6 heteroatoms. The van der Waals surface area contributed by atoms with Crippen molar-refractivity contribution in [3.05, 3.63) is 24.0 Å². The third kappa shape index (κ3) is 3.01. The number of carboxylic acid groups (broad SMARTS) is 1. The molecule has 2 atom stereocenters. The van der Waals surface area contributed by atoms with Crippen molar-refractivity contribution in [2.45, 2.75) is 13.3 Å². The van der Waals surface area contributed by atoms with Crippen LogP contribution in [0.2, 0.25) is 0 Å². The zero-order valence-electron chi connectivity index (χ0n) is 10.4. The summed E-state index contributed by atoms with van der Waals surface area (Å²) in [5, 5.41) is 11.3. The van der Waals surface area contributed by atoms with E-state index in [9.17, 15) is 14.0 Å². The number of nitrogens with one attached hydrogen (secondary N) is 1. The van der Waals surface area contributed by atoms with Gasteiger partial charge >= 0.3 is 5.97 Å². The Labute approximate surface area is 109 Å². The van der Waals surface area contributed by atoms with E-state index in [-0.39, 0.29) is 11.7 Å². The molecule has 1 amide bonds. The molecule has 0 radical (unpaired) electrons. The van der Waals surface area contributed by atoms with E-state index < -0.39 is 23.6 Å². The molecule has 0 spiro atoms. The Morgan fingerprint density at radius 2 is 2.21 bits per heavy atom. The van der Waals surface area contributed by atoms with Crippen molar-refractivity contribution in [1.29, 1.82) is 0 Å². The van der Waals surface area contributed by atoms with Gasteiger partial charge < -0.3 is 15.2 Å². The molecule has 0 aromatic heterocycles. The number of hydrogen-bond acceptors (Lipinski definition) is 3. The molecule has 102 valence electrons. The minimum atomic E-state index is -0.968. The minimum absolute atomic E-state index is 0.239. The highest BCUT2D eigenvalue weighted by molar-refractivity contribution is 5.99. The van der Waals surface area contributed by atoms with Gasteiger partial charge in [0.15, 0.2) is 0 Å². The molecule has 0 saturated heterocycles. The summed E-state index contributed by atoms with van der Waals surface area (Å²) < 4.78 is 18.3. The first-order valence-electron chi connectivity index (χ1n) is 5.99. The van der Waals surface area contributed by atoms with Crippen molar-refractivity contribution < 1.29 is 23.8 Å². The summed E-state index contributed by atoms with van der Waals surface area (Å²) in [7, 11) is 0. The van der Waals surface area contributed by atoms with Gasteiger partial charge in [-0.05, 0) is 25.5 Å². The van der Waals surface area contributed by atoms with E-state index >= 15 is 0 Å². The van der Waals surface area contributed by atoms with E-state index in [1.54, 1.807) is 6.92 Å². The Morgan fingerprint density at radius 3 is 2.79 bits per heavy atom. The molecule has 1 aliphatic carbocycles. The second kappa shape index (κ2) is 5.26. The van der Waals surface area contributed by atoms with Crippen LogP contribution in [0.4, 0.5) is 10.1 Å². The second-order valence-corrected chi connectivity index (χ2v) is 4.35. The maximum atomic E-state index is 13.1. The number of carbonyl (C=O) groups excluding carboxylic acids is 1. The lowest BCUT2D eigenvalue weighted by Gasteiger charge is -2.11. The number of rotatable bonds is 5. The van der Waals surface area contributed by atoms with Gasteiger partial charge in [0.1, 0.15) is 11.6 Å². The topological polar surface area (TPSA) is 75.6 Å². The number of amides is 1. The van der Waals surface area contributed by atoms with E-state index in [1.807, 2.05) is 0 Å². The van der Waals surface area contributed by atoms with Crippen molar-refractivity contribution in [3.63, 3.8) is 0 Å². The Balaban J connectivity index is 2.07. The van der Waals surface area contributed by atoms with Crippen LogP contribution in [-0.2, 0) is 9.59 Å². The molecular formula is C13H14FNO4. The number of ether oxygens (including phenoxy) is 1. The zero-order chi connectivity index (χ0) is 14.0. The standard InChI is InChI=1S/C13H14FNO4/c1-2-19-11-5-7(14)3-4-10(11)15-12(16)8-6-9(8)13(17)18/h3-5,8-9H,2,6H2,1H3,(H,15,16)(H,17,18). The fraction of sp³-hybridized carbons (Fsp3) is 0.385. The van der Waals surface area contributed by atoms with E-state index in [4.69, 9.17) is 9.84 Å². The van der Waals surface area contributed by atoms with Gasteiger partial charge in [-0.15, -0.1) is 0 Å². The first-order valence-corrected chi connectivity index (χ1v) is 5.99. The van der Waals surface area contributed by atoms with Gasteiger partial charge in [0.25, 0.3) is 0 Å². The summed E-state index contributed by atoms with van der Waals surface area (Å²) in [5.74, 6) is -2.70. The highest BCUT2D eigenvalue weighted by atomic mass is 19.1. The quantitative estimate of drug-likeness (QED) is 0.854. The Morgan fingerprint density at radius 1 is 1.47 bits per heavy atom. The first kappa shape index (κ1) is 13.3. The molecule has 2 unspecified atom stereocenters. The summed E-state index contributed by atoms with van der Waals surface area (Å²) >= 11 is 0.